The summed E-state index contributed by atoms with van der Waals surface area (Å²) >= 11 is 0. The minimum Gasteiger partial charge on any atom is -0.454 e. The number of benzene rings is 1. The van der Waals surface area contributed by atoms with Gasteiger partial charge in [-0.2, -0.15) is 0 Å². The number of fused-ring (bicyclic) bond motifs is 1. The lowest BCUT2D eigenvalue weighted by atomic mass is 10.2. The first-order valence-corrected chi connectivity index (χ1v) is 5.68. The Bertz CT molecular complexity index is 651. The highest BCUT2D eigenvalue weighted by Gasteiger charge is 2.23. The van der Waals surface area contributed by atoms with Crippen molar-refractivity contribution in [3.63, 3.8) is 0 Å². The van der Waals surface area contributed by atoms with Gasteiger partial charge in [-0.05, 0) is 26.8 Å². The van der Waals surface area contributed by atoms with E-state index in [1.165, 1.54) is 18.2 Å². The average molecular weight is 263 g/mol. The summed E-state index contributed by atoms with van der Waals surface area (Å²) in [6.07, 6.45) is 0. The fraction of sp³-hybridized carbons (Fsp3) is 0.308. The second-order valence-corrected chi connectivity index (χ2v) is 5.06. The molecule has 1 aromatic heterocycles. The molecule has 0 atom stereocenters. The van der Waals surface area contributed by atoms with Gasteiger partial charge in [0.15, 0.2) is 0 Å². The molecule has 2 aromatic rings. The van der Waals surface area contributed by atoms with Crippen LogP contribution in [-0.2, 0) is 4.74 Å². The zero-order valence-electron chi connectivity index (χ0n) is 10.8. The van der Waals surface area contributed by atoms with Crippen LogP contribution in [-0.4, -0.2) is 16.5 Å². The number of esters is 1. The second kappa shape index (κ2) is 4.38. The van der Waals surface area contributed by atoms with E-state index in [1.807, 2.05) is 0 Å². The third-order valence-electron chi connectivity index (χ3n) is 2.34. The van der Waals surface area contributed by atoms with E-state index in [-0.39, 0.29) is 22.4 Å². The van der Waals surface area contributed by atoms with Crippen molar-refractivity contribution >= 4 is 22.6 Å². The summed E-state index contributed by atoms with van der Waals surface area (Å²) in [6.45, 7) is 5.20. The summed E-state index contributed by atoms with van der Waals surface area (Å²) in [4.78, 5) is 22.2. The molecule has 0 N–H and O–H groups in total. The van der Waals surface area contributed by atoms with Gasteiger partial charge in [0, 0.05) is 12.1 Å². The molecule has 2 rings (SSSR count). The van der Waals surface area contributed by atoms with Crippen LogP contribution in [0.25, 0.3) is 11.0 Å². The third-order valence-corrected chi connectivity index (χ3v) is 2.34. The maximum absolute atomic E-state index is 11.8. The van der Waals surface area contributed by atoms with Gasteiger partial charge < -0.3 is 9.15 Å². The number of ether oxygens (including phenoxy) is 1. The first-order valence-electron chi connectivity index (χ1n) is 5.68. The number of non-ortho nitro benzene ring substituents is 1. The van der Waals surface area contributed by atoms with Crippen molar-refractivity contribution < 1.29 is 18.9 Å². The lowest BCUT2D eigenvalue weighted by Gasteiger charge is -2.18. The van der Waals surface area contributed by atoms with Crippen molar-refractivity contribution in [2.75, 3.05) is 0 Å². The van der Waals surface area contributed by atoms with Gasteiger partial charge >= 0.3 is 5.97 Å². The summed E-state index contributed by atoms with van der Waals surface area (Å²) in [5.74, 6) is -0.683. The zero-order valence-corrected chi connectivity index (χ0v) is 10.8. The van der Waals surface area contributed by atoms with Crippen molar-refractivity contribution in [1.82, 2.24) is 0 Å². The molecule has 100 valence electrons. The number of carbonyl (C=O) groups excluding carboxylic acids is 1. The van der Waals surface area contributed by atoms with Crippen LogP contribution in [0.5, 0.6) is 0 Å². The highest BCUT2D eigenvalue weighted by molar-refractivity contribution is 5.96. The molecule has 0 saturated heterocycles. The van der Waals surface area contributed by atoms with E-state index < -0.39 is 16.5 Å². The molecule has 0 unspecified atom stereocenters. The summed E-state index contributed by atoms with van der Waals surface area (Å²) in [7, 11) is 0. The van der Waals surface area contributed by atoms with Crippen LogP contribution < -0.4 is 0 Å². The smallest absolute Gasteiger partial charge is 0.374 e. The van der Waals surface area contributed by atoms with Gasteiger partial charge in [0.2, 0.25) is 5.76 Å². The monoisotopic (exact) mass is 263 g/mol. The lowest BCUT2D eigenvalue weighted by Crippen LogP contribution is -2.23. The molecule has 0 radical (unpaired) electrons. The Hall–Kier alpha value is -2.37. The molecule has 0 bridgehead atoms. The number of hydrogen-bond donors (Lipinski definition) is 0. The van der Waals surface area contributed by atoms with Gasteiger partial charge in [-0.1, -0.05) is 6.07 Å². The van der Waals surface area contributed by atoms with Crippen molar-refractivity contribution in [3.05, 3.63) is 40.1 Å². The Morgan fingerprint density at radius 2 is 2.05 bits per heavy atom. The molecular weight excluding hydrogens is 250 g/mol. The predicted molar refractivity (Wildman–Crippen MR) is 68.0 cm³/mol. The van der Waals surface area contributed by atoms with Crippen LogP contribution in [0, 0.1) is 10.1 Å². The predicted octanol–water partition coefficient (Wildman–Crippen LogP) is 3.30. The van der Waals surface area contributed by atoms with Crippen molar-refractivity contribution in [3.8, 4) is 0 Å². The number of carbonyl (C=O) groups is 1. The van der Waals surface area contributed by atoms with Gasteiger partial charge in [-0.3, -0.25) is 10.1 Å². The van der Waals surface area contributed by atoms with E-state index >= 15 is 0 Å². The van der Waals surface area contributed by atoms with Crippen LogP contribution in [0.2, 0.25) is 0 Å². The summed E-state index contributed by atoms with van der Waals surface area (Å²) in [5, 5.41) is 11.2. The molecule has 0 fully saturated rings. The molecule has 1 heterocycles. The number of nitro groups is 1. The fourth-order valence-electron chi connectivity index (χ4n) is 1.63. The summed E-state index contributed by atoms with van der Waals surface area (Å²) < 4.78 is 10.4. The number of hydrogen-bond acceptors (Lipinski definition) is 5. The minimum atomic E-state index is -0.651. The van der Waals surface area contributed by atoms with Crippen molar-refractivity contribution in [1.29, 1.82) is 0 Å². The topological polar surface area (TPSA) is 82.6 Å². The van der Waals surface area contributed by atoms with Crippen molar-refractivity contribution in [2.45, 2.75) is 26.4 Å². The Balaban J connectivity index is 2.45. The molecule has 6 nitrogen and oxygen atoms in total. The van der Waals surface area contributed by atoms with E-state index in [0.29, 0.717) is 0 Å². The van der Waals surface area contributed by atoms with E-state index in [9.17, 15) is 14.9 Å². The molecule has 0 spiro atoms. The van der Waals surface area contributed by atoms with Crippen LogP contribution in [0.4, 0.5) is 5.69 Å². The summed E-state index contributed by atoms with van der Waals surface area (Å²) in [5.41, 5.74) is -0.465. The second-order valence-electron chi connectivity index (χ2n) is 5.06. The molecule has 1 aromatic carbocycles. The Labute approximate surface area is 109 Å². The number of furan rings is 1. The van der Waals surface area contributed by atoms with Gasteiger partial charge in [0.25, 0.3) is 5.69 Å². The van der Waals surface area contributed by atoms with Gasteiger partial charge in [-0.25, -0.2) is 4.79 Å². The van der Waals surface area contributed by atoms with Gasteiger partial charge in [0.1, 0.15) is 11.2 Å². The first kappa shape index (κ1) is 13.1. The molecule has 0 saturated carbocycles. The summed E-state index contributed by atoms with van der Waals surface area (Å²) in [6, 6.07) is 5.76. The largest absolute Gasteiger partial charge is 0.454 e. The lowest BCUT2D eigenvalue weighted by molar-refractivity contribution is -0.383. The highest BCUT2D eigenvalue weighted by Crippen LogP contribution is 2.29. The van der Waals surface area contributed by atoms with Crippen molar-refractivity contribution in [2.24, 2.45) is 0 Å². The minimum absolute atomic E-state index is 0.0424. The van der Waals surface area contributed by atoms with Gasteiger partial charge in [-0.15, -0.1) is 0 Å². The SMILES string of the molecule is CC(C)(C)OC(=O)c1cc2c([N+](=O)[O-])cccc2o1. The zero-order chi connectivity index (χ0) is 14.2. The normalized spacial score (nSPS) is 11.5. The fourth-order valence-corrected chi connectivity index (χ4v) is 1.63. The number of nitro benzene ring substituents is 1. The molecule has 19 heavy (non-hydrogen) atoms. The molecule has 0 aliphatic heterocycles. The van der Waals surface area contributed by atoms with E-state index in [4.69, 9.17) is 9.15 Å². The maximum Gasteiger partial charge on any atom is 0.374 e. The van der Waals surface area contributed by atoms with Crippen LogP contribution in [0.1, 0.15) is 31.3 Å². The maximum atomic E-state index is 11.8. The Kier molecular flexibility index (Phi) is 3.01. The van der Waals surface area contributed by atoms with Crippen LogP contribution in [0.3, 0.4) is 0 Å². The molecule has 0 aliphatic carbocycles. The quantitative estimate of drug-likeness (QED) is 0.471. The first-order chi connectivity index (χ1) is 8.78. The Morgan fingerprint density at radius 1 is 1.37 bits per heavy atom. The highest BCUT2D eigenvalue weighted by atomic mass is 16.6. The molecule has 0 aliphatic rings. The van der Waals surface area contributed by atoms with Gasteiger partial charge in [0.05, 0.1) is 10.3 Å². The van der Waals surface area contributed by atoms with E-state index in [0.717, 1.165) is 0 Å². The average Bonchev–Trinajstić information content (AvgIpc) is 2.69. The molecule has 0 amide bonds. The number of nitrogens with zero attached hydrogens (tertiary/aromatic N) is 1. The molecule has 6 heteroatoms. The van der Waals surface area contributed by atoms with E-state index in [2.05, 4.69) is 0 Å². The van der Waals surface area contributed by atoms with Crippen LogP contribution >= 0.6 is 0 Å². The molecular formula is C13H13NO5. The number of rotatable bonds is 2. The van der Waals surface area contributed by atoms with E-state index in [1.54, 1.807) is 26.8 Å². The standard InChI is InChI=1S/C13H13NO5/c1-13(2,3)19-12(15)11-7-8-9(14(16)17)5-4-6-10(8)18-11/h4-7H,1-3H3. The third kappa shape index (κ3) is 2.73. The van der Waals surface area contributed by atoms with Crippen LogP contribution in [0.15, 0.2) is 28.7 Å². The Morgan fingerprint density at radius 3 is 2.63 bits per heavy atom.